The molecule has 0 unspecified atom stereocenters. The van der Waals surface area contributed by atoms with Gasteiger partial charge in [0.25, 0.3) is 0 Å². The van der Waals surface area contributed by atoms with E-state index in [9.17, 15) is 57.4 Å². The zero-order valence-electron chi connectivity index (χ0n) is 32.7. The molecule has 0 spiro atoms. The van der Waals surface area contributed by atoms with E-state index in [0.29, 0.717) is 36.8 Å². The SMILES string of the molecule is CCCCCCCCc1cc(C(CCCCCCC)c2cc(CCCCCCCC)c(OP(=O)(O)O)cc2OP(=O)(O)O)c(OP(=O)(O)O)cc1OP(=O)(O)O. The minimum absolute atomic E-state index is 0.104. The van der Waals surface area contributed by atoms with Crippen molar-refractivity contribution in [3.8, 4) is 23.0 Å². The van der Waals surface area contributed by atoms with Gasteiger partial charge in [-0.1, -0.05) is 117 Å². The molecule has 0 bridgehead atoms. The van der Waals surface area contributed by atoms with Crippen LogP contribution in [0, 0.1) is 0 Å². The van der Waals surface area contributed by atoms with E-state index >= 15 is 0 Å². The Bertz CT molecular complexity index is 1560. The number of phosphoric acid groups is 4. The molecule has 20 heteroatoms. The van der Waals surface area contributed by atoms with Gasteiger partial charge in [-0.3, -0.25) is 39.1 Å². The largest absolute Gasteiger partial charge is 0.524 e. The van der Waals surface area contributed by atoms with E-state index in [1.54, 1.807) is 0 Å². The maximum atomic E-state index is 12.4. The summed E-state index contributed by atoms with van der Waals surface area (Å²) in [5, 5.41) is 0. The lowest BCUT2D eigenvalue weighted by Crippen LogP contribution is -2.10. The molecule has 16 nitrogen and oxygen atoms in total. The molecule has 56 heavy (non-hydrogen) atoms. The number of phosphoric ester groups is 4. The highest BCUT2D eigenvalue weighted by Crippen LogP contribution is 2.53. The van der Waals surface area contributed by atoms with E-state index in [1.165, 1.54) is 12.1 Å². The number of hydrogen-bond acceptors (Lipinski definition) is 8. The maximum absolute atomic E-state index is 12.4. The van der Waals surface area contributed by atoms with Crippen molar-refractivity contribution in [2.24, 2.45) is 0 Å². The van der Waals surface area contributed by atoms with Crippen LogP contribution in [0.15, 0.2) is 24.3 Å². The molecule has 2 aromatic rings. The number of aryl methyl sites for hydroxylation is 2. The first-order valence-corrected chi connectivity index (χ1v) is 25.6. The van der Waals surface area contributed by atoms with E-state index in [0.717, 1.165) is 95.6 Å². The summed E-state index contributed by atoms with van der Waals surface area (Å²) in [5.74, 6) is -2.70. The Morgan fingerprint density at radius 3 is 1.02 bits per heavy atom. The first-order chi connectivity index (χ1) is 26.2. The van der Waals surface area contributed by atoms with Gasteiger partial charge >= 0.3 is 31.3 Å². The Morgan fingerprint density at radius 2 is 0.696 bits per heavy atom. The van der Waals surface area contributed by atoms with Crippen molar-refractivity contribution in [3.05, 3.63) is 46.5 Å². The van der Waals surface area contributed by atoms with Crippen molar-refractivity contribution >= 4 is 31.3 Å². The summed E-state index contributed by atoms with van der Waals surface area (Å²) in [4.78, 5) is 79.1. The first kappa shape index (κ1) is 50.4. The highest BCUT2D eigenvalue weighted by atomic mass is 31.2. The van der Waals surface area contributed by atoms with Crippen molar-refractivity contribution in [3.63, 3.8) is 0 Å². The molecular weight excluding hydrogens is 812 g/mol. The monoisotopic (exact) mass is 874 g/mol. The fourth-order valence-corrected chi connectivity index (χ4v) is 8.33. The first-order valence-electron chi connectivity index (χ1n) is 19.5. The fourth-order valence-electron chi connectivity index (χ4n) is 6.65. The van der Waals surface area contributed by atoms with Crippen LogP contribution >= 0.6 is 31.3 Å². The van der Waals surface area contributed by atoms with Gasteiger partial charge in [0.2, 0.25) is 0 Å². The lowest BCUT2D eigenvalue weighted by atomic mass is 9.83. The van der Waals surface area contributed by atoms with Gasteiger partial charge < -0.3 is 18.1 Å². The van der Waals surface area contributed by atoms with Gasteiger partial charge in [-0.25, -0.2) is 18.3 Å². The van der Waals surface area contributed by atoms with Crippen LogP contribution < -0.4 is 18.1 Å². The predicted molar refractivity (Wildman–Crippen MR) is 213 cm³/mol. The smallest absolute Gasteiger partial charge is 0.404 e. The second kappa shape index (κ2) is 24.4. The molecule has 0 aromatic heterocycles. The van der Waals surface area contributed by atoms with E-state index in [-0.39, 0.29) is 41.9 Å². The van der Waals surface area contributed by atoms with Crippen LogP contribution in [0.4, 0.5) is 0 Å². The molecule has 0 aliphatic carbocycles. The summed E-state index contributed by atoms with van der Waals surface area (Å²) in [6.45, 7) is 6.21. The average molecular weight is 875 g/mol. The predicted octanol–water partition coefficient (Wildman–Crippen LogP) is 9.87. The van der Waals surface area contributed by atoms with E-state index < -0.39 is 48.7 Å². The standard InChI is InChI=1S/C36H62O16P4/c1-4-7-10-13-16-18-21-28-24-31(35(51-55(43,44)45)26-33(28)49-53(37,38)39)30(23-20-15-12-9-6-3)32-25-29(22-19-17-14-11-8-5-2)34(50-54(40,41)42)27-36(32)52-56(46,47)48/h24-27,30H,4-23H2,1-3H3,(H2,37,38,39)(H2,40,41,42)(H2,43,44,45)(H2,46,47,48). The molecule has 0 radical (unpaired) electrons. The molecule has 0 atom stereocenters. The molecule has 2 aromatic carbocycles. The van der Waals surface area contributed by atoms with Crippen molar-refractivity contribution < 1.29 is 75.5 Å². The van der Waals surface area contributed by atoms with Crippen LogP contribution in [0.1, 0.15) is 165 Å². The van der Waals surface area contributed by atoms with E-state index in [4.69, 9.17) is 18.1 Å². The maximum Gasteiger partial charge on any atom is 0.524 e. The van der Waals surface area contributed by atoms with Crippen LogP contribution in [-0.2, 0) is 31.1 Å². The lowest BCUT2D eigenvalue weighted by molar-refractivity contribution is 0.275. The average Bonchev–Trinajstić information content (AvgIpc) is 3.05. The number of benzene rings is 2. The Hall–Kier alpha value is -1.76. The second-order valence-electron chi connectivity index (χ2n) is 14.1. The van der Waals surface area contributed by atoms with Crippen molar-refractivity contribution in [1.82, 2.24) is 0 Å². The highest BCUT2D eigenvalue weighted by molar-refractivity contribution is 7.47. The minimum atomic E-state index is -5.33. The minimum Gasteiger partial charge on any atom is -0.404 e. The summed E-state index contributed by atoms with van der Waals surface area (Å²) in [6, 6.07) is 4.92. The zero-order chi connectivity index (χ0) is 42.0. The van der Waals surface area contributed by atoms with Gasteiger partial charge in [0, 0.05) is 29.2 Å². The molecule has 322 valence electrons. The van der Waals surface area contributed by atoms with Crippen LogP contribution in [0.5, 0.6) is 23.0 Å². The second-order valence-corrected chi connectivity index (χ2v) is 18.8. The van der Waals surface area contributed by atoms with Crippen molar-refractivity contribution in [2.75, 3.05) is 0 Å². The lowest BCUT2D eigenvalue weighted by Gasteiger charge is -2.27. The quantitative estimate of drug-likeness (QED) is 0.0268. The molecule has 0 aliphatic heterocycles. The summed E-state index contributed by atoms with van der Waals surface area (Å²) < 4.78 is 69.3. The summed E-state index contributed by atoms with van der Waals surface area (Å²) in [6.07, 6.45) is 15.3. The van der Waals surface area contributed by atoms with Gasteiger partial charge in [0.15, 0.2) is 0 Å². The molecule has 0 fully saturated rings. The molecule has 2 rings (SSSR count). The van der Waals surface area contributed by atoms with Crippen molar-refractivity contribution in [2.45, 2.75) is 155 Å². The number of unbranched alkanes of at least 4 members (excludes halogenated alkanes) is 14. The topological polar surface area (TPSA) is 267 Å². The third-order valence-corrected chi connectivity index (χ3v) is 10.9. The number of hydrogen-bond donors (Lipinski definition) is 8. The van der Waals surface area contributed by atoms with Gasteiger partial charge in [-0.05, 0) is 55.4 Å². The molecule has 0 heterocycles. The van der Waals surface area contributed by atoms with Gasteiger partial charge in [-0.15, -0.1) is 0 Å². The third kappa shape index (κ3) is 20.8. The molecule has 8 N–H and O–H groups in total. The number of rotatable bonds is 30. The van der Waals surface area contributed by atoms with Gasteiger partial charge in [0.1, 0.15) is 23.0 Å². The molecule has 0 saturated heterocycles. The third-order valence-electron chi connectivity index (χ3n) is 9.20. The van der Waals surface area contributed by atoms with Crippen molar-refractivity contribution in [1.29, 1.82) is 0 Å². The van der Waals surface area contributed by atoms with Crippen LogP contribution in [0.25, 0.3) is 0 Å². The highest BCUT2D eigenvalue weighted by Gasteiger charge is 2.32. The molecule has 0 amide bonds. The Morgan fingerprint density at radius 1 is 0.411 bits per heavy atom. The van der Waals surface area contributed by atoms with Crippen LogP contribution in [0.2, 0.25) is 0 Å². The Kier molecular flexibility index (Phi) is 21.9. The Labute approximate surface area is 330 Å². The molecular formula is C36H62O16P4. The summed E-state index contributed by atoms with van der Waals surface area (Å²) in [7, 11) is -21.0. The van der Waals surface area contributed by atoms with E-state index in [2.05, 4.69) is 13.8 Å². The Balaban J connectivity index is 2.96. The molecule has 0 saturated carbocycles. The fraction of sp³-hybridized carbons (Fsp3) is 0.667. The zero-order valence-corrected chi connectivity index (χ0v) is 36.2. The van der Waals surface area contributed by atoms with Gasteiger partial charge in [0.05, 0.1) is 0 Å². The normalized spacial score (nSPS) is 12.6. The van der Waals surface area contributed by atoms with E-state index in [1.807, 2.05) is 6.92 Å². The summed E-state index contributed by atoms with van der Waals surface area (Å²) >= 11 is 0. The van der Waals surface area contributed by atoms with Crippen LogP contribution in [0.3, 0.4) is 0 Å². The van der Waals surface area contributed by atoms with Gasteiger partial charge in [-0.2, -0.15) is 0 Å². The summed E-state index contributed by atoms with van der Waals surface area (Å²) in [5.41, 5.74) is 0.790. The molecule has 0 aliphatic rings. The van der Waals surface area contributed by atoms with Crippen LogP contribution in [-0.4, -0.2) is 39.1 Å².